The molecule has 0 saturated heterocycles. The standard InChI is InChI=1S/C10H17NO4/c1-6(2)8(11)10(13)15-5-14-9(12)7(3)4/h7-8H,1,5,11H2,2-4H3/t8-/m0/s1. The van der Waals surface area contributed by atoms with Gasteiger partial charge in [0, 0.05) is 0 Å². The summed E-state index contributed by atoms with van der Waals surface area (Å²) in [6.07, 6.45) is 0. The highest BCUT2D eigenvalue weighted by atomic mass is 16.7. The summed E-state index contributed by atoms with van der Waals surface area (Å²) in [5, 5.41) is 0. The lowest BCUT2D eigenvalue weighted by Crippen LogP contribution is -2.33. The van der Waals surface area contributed by atoms with Crippen LogP contribution in [0.5, 0.6) is 0 Å². The van der Waals surface area contributed by atoms with E-state index in [9.17, 15) is 9.59 Å². The Kier molecular flexibility index (Phi) is 5.62. The molecule has 0 fully saturated rings. The highest BCUT2D eigenvalue weighted by molar-refractivity contribution is 5.79. The third-order valence-electron chi connectivity index (χ3n) is 1.66. The van der Waals surface area contributed by atoms with Gasteiger partial charge in [-0.15, -0.1) is 0 Å². The quantitative estimate of drug-likeness (QED) is 0.412. The lowest BCUT2D eigenvalue weighted by molar-refractivity contribution is -0.169. The van der Waals surface area contributed by atoms with Crippen LogP contribution in [0.1, 0.15) is 20.8 Å². The van der Waals surface area contributed by atoms with Gasteiger partial charge in [0.1, 0.15) is 6.04 Å². The Labute approximate surface area is 89.2 Å². The van der Waals surface area contributed by atoms with Crippen molar-refractivity contribution in [2.75, 3.05) is 6.79 Å². The minimum absolute atomic E-state index is 0.251. The van der Waals surface area contributed by atoms with Crippen molar-refractivity contribution in [3.8, 4) is 0 Å². The monoisotopic (exact) mass is 215 g/mol. The van der Waals surface area contributed by atoms with Crippen LogP contribution >= 0.6 is 0 Å². The van der Waals surface area contributed by atoms with Crippen molar-refractivity contribution >= 4 is 11.9 Å². The molecule has 0 radical (unpaired) electrons. The third-order valence-corrected chi connectivity index (χ3v) is 1.66. The maximum absolute atomic E-state index is 11.1. The van der Waals surface area contributed by atoms with Crippen LogP contribution in [-0.2, 0) is 19.1 Å². The van der Waals surface area contributed by atoms with Crippen LogP contribution in [0.2, 0.25) is 0 Å². The highest BCUT2D eigenvalue weighted by Gasteiger charge is 2.16. The van der Waals surface area contributed by atoms with Gasteiger partial charge in [-0.05, 0) is 6.92 Å². The van der Waals surface area contributed by atoms with Gasteiger partial charge in [0.05, 0.1) is 5.92 Å². The first-order valence-electron chi connectivity index (χ1n) is 4.60. The molecule has 0 saturated carbocycles. The first kappa shape index (κ1) is 13.6. The second kappa shape index (κ2) is 6.19. The van der Waals surface area contributed by atoms with Gasteiger partial charge < -0.3 is 15.2 Å². The summed E-state index contributed by atoms with van der Waals surface area (Å²) in [4.78, 5) is 22.1. The van der Waals surface area contributed by atoms with E-state index in [1.807, 2.05) is 0 Å². The molecule has 5 heteroatoms. The van der Waals surface area contributed by atoms with Crippen LogP contribution in [0.4, 0.5) is 0 Å². The van der Waals surface area contributed by atoms with Gasteiger partial charge in [0.15, 0.2) is 0 Å². The average Bonchev–Trinajstić information content (AvgIpc) is 2.15. The zero-order valence-electron chi connectivity index (χ0n) is 9.28. The maximum atomic E-state index is 11.1. The Bertz CT molecular complexity index is 260. The molecule has 86 valence electrons. The first-order chi connectivity index (χ1) is 6.86. The summed E-state index contributed by atoms with van der Waals surface area (Å²) >= 11 is 0. The van der Waals surface area contributed by atoms with Crippen LogP contribution in [0, 0.1) is 5.92 Å². The number of ether oxygens (including phenoxy) is 2. The molecule has 0 aliphatic heterocycles. The number of esters is 2. The topological polar surface area (TPSA) is 78.6 Å². The maximum Gasteiger partial charge on any atom is 0.330 e. The number of rotatable bonds is 5. The molecule has 0 bridgehead atoms. The molecular weight excluding hydrogens is 198 g/mol. The summed E-state index contributed by atoms with van der Waals surface area (Å²) in [6.45, 7) is 8.09. The lowest BCUT2D eigenvalue weighted by Gasteiger charge is -2.11. The summed E-state index contributed by atoms with van der Waals surface area (Å²) in [5.41, 5.74) is 5.92. The molecule has 0 unspecified atom stereocenters. The summed E-state index contributed by atoms with van der Waals surface area (Å²) in [6, 6.07) is -0.872. The largest absolute Gasteiger partial charge is 0.428 e. The zero-order valence-corrected chi connectivity index (χ0v) is 9.28. The Morgan fingerprint density at radius 2 is 1.73 bits per heavy atom. The average molecular weight is 215 g/mol. The van der Waals surface area contributed by atoms with Crippen molar-refractivity contribution in [3.63, 3.8) is 0 Å². The molecule has 0 amide bonds. The zero-order chi connectivity index (χ0) is 12.0. The number of nitrogens with two attached hydrogens (primary N) is 1. The van der Waals surface area contributed by atoms with Crippen molar-refractivity contribution in [3.05, 3.63) is 12.2 Å². The van der Waals surface area contributed by atoms with E-state index >= 15 is 0 Å². The minimum atomic E-state index is -0.872. The molecule has 0 aromatic carbocycles. The van der Waals surface area contributed by atoms with E-state index < -0.39 is 24.8 Å². The van der Waals surface area contributed by atoms with Crippen LogP contribution in [0.25, 0.3) is 0 Å². The van der Waals surface area contributed by atoms with Crippen molar-refractivity contribution in [2.24, 2.45) is 11.7 Å². The third kappa shape index (κ3) is 5.17. The summed E-state index contributed by atoms with van der Waals surface area (Å²) in [7, 11) is 0. The number of carbonyl (C=O) groups excluding carboxylic acids is 2. The van der Waals surface area contributed by atoms with E-state index in [-0.39, 0.29) is 5.92 Å². The Balaban J connectivity index is 3.83. The lowest BCUT2D eigenvalue weighted by atomic mass is 10.2. The van der Waals surface area contributed by atoms with E-state index in [0.29, 0.717) is 5.57 Å². The van der Waals surface area contributed by atoms with E-state index in [0.717, 1.165) is 0 Å². The van der Waals surface area contributed by atoms with E-state index in [2.05, 4.69) is 16.1 Å². The molecule has 0 spiro atoms. The molecule has 1 atom stereocenters. The van der Waals surface area contributed by atoms with Gasteiger partial charge in [-0.2, -0.15) is 0 Å². The molecule has 15 heavy (non-hydrogen) atoms. The SMILES string of the molecule is C=C(C)[C@H](N)C(=O)OCOC(=O)C(C)C. The predicted octanol–water partition coefficient (Wildman–Crippen LogP) is 0.590. The van der Waals surface area contributed by atoms with Gasteiger partial charge in [0.2, 0.25) is 6.79 Å². The fraction of sp³-hybridized carbons (Fsp3) is 0.600. The number of carbonyl (C=O) groups is 2. The molecule has 0 heterocycles. The molecule has 0 aliphatic carbocycles. The molecule has 5 nitrogen and oxygen atoms in total. The van der Waals surface area contributed by atoms with Crippen LogP contribution in [0.15, 0.2) is 12.2 Å². The molecule has 0 aliphatic rings. The van der Waals surface area contributed by atoms with Gasteiger partial charge in [0.25, 0.3) is 0 Å². The van der Waals surface area contributed by atoms with Crippen molar-refractivity contribution < 1.29 is 19.1 Å². The van der Waals surface area contributed by atoms with Crippen LogP contribution < -0.4 is 5.73 Å². The predicted molar refractivity (Wildman–Crippen MR) is 54.7 cm³/mol. The normalized spacial score (nSPS) is 12.1. The Morgan fingerprint density at radius 1 is 1.27 bits per heavy atom. The van der Waals surface area contributed by atoms with Crippen LogP contribution in [0.3, 0.4) is 0 Å². The summed E-state index contributed by atoms with van der Waals surface area (Å²) < 4.78 is 9.25. The fourth-order valence-electron chi connectivity index (χ4n) is 0.603. The van der Waals surface area contributed by atoms with Gasteiger partial charge in [-0.1, -0.05) is 26.0 Å². The van der Waals surface area contributed by atoms with E-state index in [4.69, 9.17) is 5.73 Å². The number of hydrogen-bond acceptors (Lipinski definition) is 5. The van der Waals surface area contributed by atoms with Gasteiger partial charge >= 0.3 is 11.9 Å². The molecule has 0 aromatic heterocycles. The van der Waals surface area contributed by atoms with Gasteiger partial charge in [-0.3, -0.25) is 4.79 Å². The smallest absolute Gasteiger partial charge is 0.330 e. The van der Waals surface area contributed by atoms with E-state index in [1.165, 1.54) is 0 Å². The molecular formula is C10H17NO4. The highest BCUT2D eigenvalue weighted by Crippen LogP contribution is 1.99. The molecule has 0 aromatic rings. The first-order valence-corrected chi connectivity index (χ1v) is 4.60. The fourth-order valence-corrected chi connectivity index (χ4v) is 0.603. The Hall–Kier alpha value is -1.36. The van der Waals surface area contributed by atoms with Crippen molar-refractivity contribution in [1.29, 1.82) is 0 Å². The van der Waals surface area contributed by atoms with E-state index in [1.54, 1.807) is 20.8 Å². The Morgan fingerprint density at radius 3 is 2.13 bits per heavy atom. The summed E-state index contributed by atoms with van der Waals surface area (Å²) in [5.74, 6) is -1.33. The molecule has 0 rings (SSSR count). The van der Waals surface area contributed by atoms with Crippen LogP contribution in [-0.4, -0.2) is 24.8 Å². The second-order valence-corrected chi connectivity index (χ2v) is 3.52. The minimum Gasteiger partial charge on any atom is -0.428 e. The number of hydrogen-bond donors (Lipinski definition) is 1. The van der Waals surface area contributed by atoms with Gasteiger partial charge in [-0.25, -0.2) is 4.79 Å². The van der Waals surface area contributed by atoms with Crippen molar-refractivity contribution in [1.82, 2.24) is 0 Å². The van der Waals surface area contributed by atoms with Crippen molar-refractivity contribution in [2.45, 2.75) is 26.8 Å². The second-order valence-electron chi connectivity index (χ2n) is 3.52. The molecule has 2 N–H and O–H groups in total.